The molecule has 98 valence electrons. The molecule has 0 atom stereocenters. The quantitative estimate of drug-likeness (QED) is 0.669. The van der Waals surface area contributed by atoms with Gasteiger partial charge in [-0.15, -0.1) is 21.5 Å². The Bertz CT molecular complexity index is 647. The van der Waals surface area contributed by atoms with Gasteiger partial charge < -0.3 is 8.94 Å². The van der Waals surface area contributed by atoms with Gasteiger partial charge in [0.1, 0.15) is 0 Å². The second kappa shape index (κ2) is 5.54. The van der Waals surface area contributed by atoms with Crippen molar-refractivity contribution in [3.05, 3.63) is 29.2 Å². The van der Waals surface area contributed by atoms with Crippen LogP contribution < -0.4 is 0 Å². The second-order valence-corrected chi connectivity index (χ2v) is 5.47. The molecule has 0 amide bonds. The van der Waals surface area contributed by atoms with Crippen molar-refractivity contribution in [1.29, 1.82) is 0 Å². The van der Waals surface area contributed by atoms with Gasteiger partial charge in [0.15, 0.2) is 5.82 Å². The van der Waals surface area contributed by atoms with Crippen LogP contribution in [0.5, 0.6) is 0 Å². The van der Waals surface area contributed by atoms with Gasteiger partial charge in [-0.25, -0.2) is 0 Å². The fourth-order valence-electron chi connectivity index (χ4n) is 1.38. The van der Waals surface area contributed by atoms with Gasteiger partial charge in [-0.1, -0.05) is 29.9 Å². The first-order valence-corrected chi connectivity index (χ1v) is 7.53. The predicted molar refractivity (Wildman–Crippen MR) is 70.8 cm³/mol. The Kier molecular flexibility index (Phi) is 3.60. The molecule has 0 aliphatic carbocycles. The van der Waals surface area contributed by atoms with Crippen LogP contribution in [0, 0.1) is 0 Å². The van der Waals surface area contributed by atoms with E-state index in [9.17, 15) is 0 Å². The molecule has 0 spiro atoms. The number of thioether (sulfide) groups is 1. The van der Waals surface area contributed by atoms with E-state index in [0.29, 0.717) is 28.6 Å². The number of nitrogens with zero attached hydrogens (tertiary/aromatic N) is 4. The SMILES string of the molecule is CCc1noc(CSc2nnc(-c3cccs3)o2)n1. The largest absolute Gasteiger partial charge is 0.410 e. The number of rotatable bonds is 5. The zero-order chi connectivity index (χ0) is 13.1. The number of hydrogen-bond donors (Lipinski definition) is 0. The van der Waals surface area contributed by atoms with Gasteiger partial charge in [-0.05, 0) is 11.4 Å². The first-order chi connectivity index (χ1) is 9.35. The molecule has 8 heteroatoms. The minimum absolute atomic E-state index is 0.500. The normalized spacial score (nSPS) is 11.0. The lowest BCUT2D eigenvalue weighted by Gasteiger charge is -1.89. The van der Waals surface area contributed by atoms with Crippen molar-refractivity contribution in [2.45, 2.75) is 24.3 Å². The van der Waals surface area contributed by atoms with Gasteiger partial charge >= 0.3 is 0 Å². The van der Waals surface area contributed by atoms with E-state index in [2.05, 4.69) is 20.3 Å². The first-order valence-electron chi connectivity index (χ1n) is 5.67. The molecule has 3 aromatic heterocycles. The van der Waals surface area contributed by atoms with E-state index in [0.717, 1.165) is 11.3 Å². The molecule has 0 saturated heterocycles. The minimum Gasteiger partial charge on any atom is -0.410 e. The number of thiophene rings is 1. The summed E-state index contributed by atoms with van der Waals surface area (Å²) < 4.78 is 10.6. The Hall–Kier alpha value is -1.67. The predicted octanol–water partition coefficient (Wildman–Crippen LogP) is 3.04. The molecule has 0 N–H and O–H groups in total. The fraction of sp³-hybridized carbons (Fsp3) is 0.273. The van der Waals surface area contributed by atoms with Gasteiger partial charge in [0.2, 0.25) is 5.89 Å². The third-order valence-electron chi connectivity index (χ3n) is 2.28. The van der Waals surface area contributed by atoms with E-state index < -0.39 is 0 Å². The highest BCUT2D eigenvalue weighted by Crippen LogP contribution is 2.27. The van der Waals surface area contributed by atoms with Crippen molar-refractivity contribution >= 4 is 23.1 Å². The molecular formula is C11H10N4O2S2. The van der Waals surface area contributed by atoms with Gasteiger partial charge in [0, 0.05) is 6.42 Å². The minimum atomic E-state index is 0.500. The maximum Gasteiger partial charge on any atom is 0.277 e. The molecule has 3 rings (SSSR count). The average Bonchev–Trinajstić information content (AvgIpc) is 3.16. The molecule has 0 bridgehead atoms. The van der Waals surface area contributed by atoms with Crippen LogP contribution in [0.1, 0.15) is 18.6 Å². The Morgan fingerprint density at radius 3 is 3.05 bits per heavy atom. The summed E-state index contributed by atoms with van der Waals surface area (Å²) in [7, 11) is 0. The topological polar surface area (TPSA) is 77.8 Å². The zero-order valence-corrected chi connectivity index (χ0v) is 11.7. The second-order valence-electron chi connectivity index (χ2n) is 3.60. The van der Waals surface area contributed by atoms with E-state index in [-0.39, 0.29) is 0 Å². The summed E-state index contributed by atoms with van der Waals surface area (Å²) in [5.41, 5.74) is 0. The molecule has 3 heterocycles. The Morgan fingerprint density at radius 2 is 2.32 bits per heavy atom. The number of aromatic nitrogens is 4. The molecule has 0 aliphatic rings. The van der Waals surface area contributed by atoms with Crippen LogP contribution in [0.4, 0.5) is 0 Å². The fourth-order valence-corrected chi connectivity index (χ4v) is 2.63. The smallest absolute Gasteiger partial charge is 0.277 e. The van der Waals surface area contributed by atoms with E-state index in [1.165, 1.54) is 11.8 Å². The summed E-state index contributed by atoms with van der Waals surface area (Å²) in [6.45, 7) is 1.98. The number of hydrogen-bond acceptors (Lipinski definition) is 8. The Labute approximate surface area is 117 Å². The summed E-state index contributed by atoms with van der Waals surface area (Å²) >= 11 is 2.95. The van der Waals surface area contributed by atoms with Crippen molar-refractivity contribution in [1.82, 2.24) is 20.3 Å². The highest BCUT2D eigenvalue weighted by atomic mass is 32.2. The van der Waals surface area contributed by atoms with Crippen molar-refractivity contribution in [3.63, 3.8) is 0 Å². The lowest BCUT2D eigenvalue weighted by Crippen LogP contribution is -1.84. The van der Waals surface area contributed by atoms with Crippen LogP contribution in [0.15, 0.2) is 31.7 Å². The first kappa shape index (κ1) is 12.4. The monoisotopic (exact) mass is 294 g/mol. The van der Waals surface area contributed by atoms with Crippen LogP contribution in [0.3, 0.4) is 0 Å². The van der Waals surface area contributed by atoms with Gasteiger partial charge in [-0.2, -0.15) is 4.98 Å². The summed E-state index contributed by atoms with van der Waals surface area (Å²) in [5.74, 6) is 2.34. The van der Waals surface area contributed by atoms with E-state index in [4.69, 9.17) is 8.94 Å². The molecule has 0 unspecified atom stereocenters. The summed E-state index contributed by atoms with van der Waals surface area (Å²) in [5, 5.41) is 14.3. The van der Waals surface area contributed by atoms with E-state index in [1.807, 2.05) is 24.4 Å². The van der Waals surface area contributed by atoms with Crippen LogP contribution in [0.25, 0.3) is 10.8 Å². The molecule has 0 aromatic carbocycles. The summed E-state index contributed by atoms with van der Waals surface area (Å²) in [4.78, 5) is 5.18. The van der Waals surface area contributed by atoms with Crippen molar-refractivity contribution in [3.8, 4) is 10.8 Å². The van der Waals surface area contributed by atoms with Crippen LogP contribution >= 0.6 is 23.1 Å². The third-order valence-corrected chi connectivity index (χ3v) is 3.94. The van der Waals surface area contributed by atoms with Crippen LogP contribution in [-0.2, 0) is 12.2 Å². The lowest BCUT2D eigenvalue weighted by atomic mass is 10.5. The molecule has 3 aromatic rings. The van der Waals surface area contributed by atoms with Crippen LogP contribution in [0.2, 0.25) is 0 Å². The Balaban J connectivity index is 1.64. The van der Waals surface area contributed by atoms with Crippen molar-refractivity contribution in [2.24, 2.45) is 0 Å². The Morgan fingerprint density at radius 1 is 1.37 bits per heavy atom. The van der Waals surface area contributed by atoms with Gasteiger partial charge in [-0.3, -0.25) is 0 Å². The van der Waals surface area contributed by atoms with Crippen molar-refractivity contribution < 1.29 is 8.94 Å². The van der Waals surface area contributed by atoms with E-state index >= 15 is 0 Å². The highest BCUT2D eigenvalue weighted by Gasteiger charge is 2.12. The molecule has 0 radical (unpaired) electrons. The van der Waals surface area contributed by atoms with E-state index in [1.54, 1.807) is 11.3 Å². The molecule has 6 nitrogen and oxygen atoms in total. The standard InChI is InChI=1S/C11H10N4O2S2/c1-2-8-12-9(17-15-8)6-19-11-14-13-10(16-11)7-4-3-5-18-7/h3-5H,2,6H2,1H3. The van der Waals surface area contributed by atoms with Gasteiger partial charge in [0.05, 0.1) is 10.6 Å². The highest BCUT2D eigenvalue weighted by molar-refractivity contribution is 7.98. The molecule has 0 saturated carbocycles. The maximum atomic E-state index is 5.54. The molecule has 0 aliphatic heterocycles. The lowest BCUT2D eigenvalue weighted by molar-refractivity contribution is 0.384. The van der Waals surface area contributed by atoms with Crippen molar-refractivity contribution in [2.75, 3.05) is 0 Å². The summed E-state index contributed by atoms with van der Waals surface area (Å²) in [6, 6.07) is 3.89. The summed E-state index contributed by atoms with van der Waals surface area (Å²) in [6.07, 6.45) is 0.761. The maximum absolute atomic E-state index is 5.54. The molecule has 0 fully saturated rings. The third kappa shape index (κ3) is 2.85. The zero-order valence-electron chi connectivity index (χ0n) is 10.1. The average molecular weight is 294 g/mol. The molecule has 19 heavy (non-hydrogen) atoms. The number of aryl methyl sites for hydroxylation is 1. The molecular weight excluding hydrogens is 284 g/mol. The van der Waals surface area contributed by atoms with Crippen LogP contribution in [-0.4, -0.2) is 20.3 Å². The van der Waals surface area contributed by atoms with Gasteiger partial charge in [0.25, 0.3) is 11.1 Å².